The Kier molecular flexibility index (Phi) is 4.91. The number of unbranched alkanes of at least 4 members (excludes halogenated alkanes) is 2. The van der Waals surface area contributed by atoms with E-state index >= 15 is 0 Å². The standard InChI is InChI=1S/C5H14NO3P/c6-4-2-1-3-5-10(7,8)9/h1-6H2,(H2,7,8,9). The van der Waals surface area contributed by atoms with Crippen LogP contribution in [0.15, 0.2) is 0 Å². The summed E-state index contributed by atoms with van der Waals surface area (Å²) >= 11 is 0. The van der Waals surface area contributed by atoms with Crippen molar-refractivity contribution in [2.75, 3.05) is 12.7 Å². The van der Waals surface area contributed by atoms with Crippen molar-refractivity contribution in [2.24, 2.45) is 5.73 Å². The van der Waals surface area contributed by atoms with Gasteiger partial charge in [-0.3, -0.25) is 4.57 Å². The lowest BCUT2D eigenvalue weighted by Gasteiger charge is -2.01. The average Bonchev–Trinajstić information content (AvgIpc) is 1.78. The van der Waals surface area contributed by atoms with Crippen molar-refractivity contribution >= 4 is 7.60 Å². The molecule has 0 aliphatic carbocycles. The highest BCUT2D eigenvalue weighted by molar-refractivity contribution is 7.51. The van der Waals surface area contributed by atoms with Gasteiger partial charge in [0.05, 0.1) is 0 Å². The maximum Gasteiger partial charge on any atom is 0.325 e. The van der Waals surface area contributed by atoms with E-state index in [1.54, 1.807) is 0 Å². The summed E-state index contributed by atoms with van der Waals surface area (Å²) < 4.78 is 10.3. The summed E-state index contributed by atoms with van der Waals surface area (Å²) in [6.07, 6.45) is 2.22. The first kappa shape index (κ1) is 10.1. The molecular weight excluding hydrogens is 153 g/mol. The third-order valence-electron chi connectivity index (χ3n) is 1.15. The Balaban J connectivity index is 3.13. The van der Waals surface area contributed by atoms with Gasteiger partial charge in [-0.2, -0.15) is 0 Å². The van der Waals surface area contributed by atoms with E-state index in [4.69, 9.17) is 15.5 Å². The lowest BCUT2D eigenvalue weighted by Crippen LogP contribution is -1.98. The number of hydrogen-bond acceptors (Lipinski definition) is 2. The van der Waals surface area contributed by atoms with Gasteiger partial charge in [0.25, 0.3) is 0 Å². The molecule has 0 fully saturated rings. The summed E-state index contributed by atoms with van der Waals surface area (Å²) in [5, 5.41) is 0. The van der Waals surface area contributed by atoms with Crippen molar-refractivity contribution in [3.63, 3.8) is 0 Å². The number of nitrogens with two attached hydrogens (primary N) is 1. The van der Waals surface area contributed by atoms with Crippen molar-refractivity contribution in [1.82, 2.24) is 0 Å². The molecule has 0 heterocycles. The molecule has 0 radical (unpaired) electrons. The third-order valence-corrected chi connectivity index (χ3v) is 2.05. The second kappa shape index (κ2) is 4.85. The van der Waals surface area contributed by atoms with Crippen LogP contribution in [0.3, 0.4) is 0 Å². The molecule has 0 aromatic rings. The molecule has 4 nitrogen and oxygen atoms in total. The normalized spacial score (nSPS) is 11.9. The third kappa shape index (κ3) is 8.11. The molecule has 4 N–H and O–H groups in total. The lowest BCUT2D eigenvalue weighted by atomic mass is 10.2. The van der Waals surface area contributed by atoms with Crippen LogP contribution in [0, 0.1) is 0 Å². The van der Waals surface area contributed by atoms with E-state index in [-0.39, 0.29) is 6.16 Å². The highest BCUT2D eigenvalue weighted by Gasteiger charge is 2.10. The van der Waals surface area contributed by atoms with Gasteiger partial charge in [0.1, 0.15) is 0 Å². The highest BCUT2D eigenvalue weighted by Crippen LogP contribution is 2.35. The largest absolute Gasteiger partial charge is 0.330 e. The fourth-order valence-electron chi connectivity index (χ4n) is 0.639. The predicted molar refractivity (Wildman–Crippen MR) is 39.8 cm³/mol. The van der Waals surface area contributed by atoms with E-state index < -0.39 is 7.60 Å². The Labute approximate surface area is 60.6 Å². The van der Waals surface area contributed by atoms with Crippen molar-refractivity contribution < 1.29 is 14.4 Å². The molecule has 0 aliphatic rings. The maximum atomic E-state index is 10.3. The van der Waals surface area contributed by atoms with Crippen molar-refractivity contribution in [2.45, 2.75) is 19.3 Å². The summed E-state index contributed by atoms with van der Waals surface area (Å²) in [4.78, 5) is 16.8. The predicted octanol–water partition coefficient (Wildman–Crippen LogP) is 0.293. The number of hydrogen-bond donors (Lipinski definition) is 3. The molecule has 0 aromatic carbocycles. The summed E-state index contributed by atoms with van der Waals surface area (Å²) in [6.45, 7) is 0.598. The van der Waals surface area contributed by atoms with Crippen LogP contribution >= 0.6 is 7.60 Å². The molecule has 0 saturated carbocycles. The Hall–Kier alpha value is 0.110. The molecule has 0 unspecified atom stereocenters. The van der Waals surface area contributed by atoms with Gasteiger partial charge in [-0.15, -0.1) is 0 Å². The summed E-state index contributed by atoms with van der Waals surface area (Å²) in [5.41, 5.74) is 5.18. The van der Waals surface area contributed by atoms with Gasteiger partial charge in [-0.05, 0) is 19.4 Å². The van der Waals surface area contributed by atoms with Crippen molar-refractivity contribution in [3.8, 4) is 0 Å². The van der Waals surface area contributed by atoms with Crippen LogP contribution in [0.5, 0.6) is 0 Å². The van der Waals surface area contributed by atoms with Crippen molar-refractivity contribution in [3.05, 3.63) is 0 Å². The van der Waals surface area contributed by atoms with E-state index in [9.17, 15) is 4.57 Å². The fraction of sp³-hybridized carbons (Fsp3) is 1.00. The average molecular weight is 167 g/mol. The molecule has 0 rings (SSSR count). The lowest BCUT2D eigenvalue weighted by molar-refractivity contribution is 0.371. The van der Waals surface area contributed by atoms with Crippen LogP contribution in [0.2, 0.25) is 0 Å². The summed E-state index contributed by atoms with van der Waals surface area (Å²) in [7, 11) is -3.75. The monoisotopic (exact) mass is 167 g/mol. The molecule has 62 valence electrons. The van der Waals surface area contributed by atoms with Crippen molar-refractivity contribution in [1.29, 1.82) is 0 Å². The Morgan fingerprint density at radius 1 is 1.20 bits per heavy atom. The highest BCUT2D eigenvalue weighted by atomic mass is 31.2. The summed E-state index contributed by atoms with van der Waals surface area (Å²) in [5.74, 6) is 0. The zero-order valence-electron chi connectivity index (χ0n) is 5.86. The fourth-order valence-corrected chi connectivity index (χ4v) is 1.27. The topological polar surface area (TPSA) is 83.6 Å². The maximum absolute atomic E-state index is 10.3. The van der Waals surface area contributed by atoms with Gasteiger partial charge in [-0.1, -0.05) is 6.42 Å². The molecule has 0 spiro atoms. The van der Waals surface area contributed by atoms with E-state index in [0.29, 0.717) is 13.0 Å². The van der Waals surface area contributed by atoms with E-state index in [0.717, 1.165) is 12.8 Å². The quantitative estimate of drug-likeness (QED) is 0.406. The van der Waals surface area contributed by atoms with Gasteiger partial charge in [0.2, 0.25) is 0 Å². The zero-order chi connectivity index (χ0) is 8.04. The second-order valence-corrected chi connectivity index (χ2v) is 4.01. The Bertz CT molecular complexity index is 122. The second-order valence-electron chi connectivity index (χ2n) is 2.24. The molecule has 0 aliphatic heterocycles. The first-order chi connectivity index (χ1) is 4.56. The van der Waals surface area contributed by atoms with Crippen LogP contribution in [0.25, 0.3) is 0 Å². The molecule has 0 atom stereocenters. The van der Waals surface area contributed by atoms with Gasteiger partial charge in [0.15, 0.2) is 0 Å². The van der Waals surface area contributed by atoms with Crippen LogP contribution in [-0.4, -0.2) is 22.5 Å². The molecule has 5 heteroatoms. The molecule has 0 amide bonds. The van der Waals surface area contributed by atoms with Crippen LogP contribution in [-0.2, 0) is 4.57 Å². The Morgan fingerprint density at radius 2 is 1.80 bits per heavy atom. The minimum atomic E-state index is -3.75. The van der Waals surface area contributed by atoms with Crippen LogP contribution in [0.1, 0.15) is 19.3 Å². The molecule has 0 aromatic heterocycles. The summed E-state index contributed by atoms with van der Waals surface area (Å²) in [6, 6.07) is 0. The SMILES string of the molecule is NCCCCCP(=O)(O)O. The first-order valence-electron chi connectivity index (χ1n) is 3.31. The Morgan fingerprint density at radius 3 is 2.20 bits per heavy atom. The minimum absolute atomic E-state index is 0.00694. The molecule has 0 saturated heterocycles. The van der Waals surface area contributed by atoms with Gasteiger partial charge < -0.3 is 15.5 Å². The smallest absolute Gasteiger partial charge is 0.325 e. The molecule has 0 bridgehead atoms. The van der Waals surface area contributed by atoms with Gasteiger partial charge in [-0.25, -0.2) is 0 Å². The molecule has 10 heavy (non-hydrogen) atoms. The van der Waals surface area contributed by atoms with E-state index in [1.165, 1.54) is 0 Å². The van der Waals surface area contributed by atoms with E-state index in [1.807, 2.05) is 0 Å². The zero-order valence-corrected chi connectivity index (χ0v) is 6.76. The molecular formula is C5H14NO3P. The number of rotatable bonds is 5. The van der Waals surface area contributed by atoms with Gasteiger partial charge >= 0.3 is 7.60 Å². The van der Waals surface area contributed by atoms with Gasteiger partial charge in [0, 0.05) is 6.16 Å². The van der Waals surface area contributed by atoms with Crippen LogP contribution < -0.4 is 5.73 Å². The van der Waals surface area contributed by atoms with Crippen LogP contribution in [0.4, 0.5) is 0 Å². The first-order valence-corrected chi connectivity index (χ1v) is 5.10. The minimum Gasteiger partial charge on any atom is -0.330 e. The van der Waals surface area contributed by atoms with E-state index in [2.05, 4.69) is 0 Å².